The molecule has 132 valence electrons. The highest BCUT2D eigenvalue weighted by Crippen LogP contribution is 2.38. The van der Waals surface area contributed by atoms with Gasteiger partial charge in [0.1, 0.15) is 0 Å². The van der Waals surface area contributed by atoms with Crippen molar-refractivity contribution in [2.75, 3.05) is 26.0 Å². The van der Waals surface area contributed by atoms with Crippen LogP contribution in [0.1, 0.15) is 18.9 Å². The van der Waals surface area contributed by atoms with E-state index in [1.165, 1.54) is 20.2 Å². The number of benzene rings is 1. The monoisotopic (exact) mass is 354 g/mol. The number of anilines is 1. The van der Waals surface area contributed by atoms with Gasteiger partial charge in [-0.1, -0.05) is 13.0 Å². The van der Waals surface area contributed by atoms with Gasteiger partial charge in [-0.15, -0.1) is 0 Å². The molecular weight excluding hydrogens is 332 g/mol. The molecule has 1 N–H and O–H groups in total. The summed E-state index contributed by atoms with van der Waals surface area (Å²) in [5.74, 6) is -0.656. The number of hydrogen-bond acceptors (Lipinski definition) is 5. The van der Waals surface area contributed by atoms with Gasteiger partial charge in [-0.05, 0) is 37.0 Å². The third kappa shape index (κ3) is 4.12. The average molecular weight is 354 g/mol. The minimum absolute atomic E-state index is 0.103. The molecule has 2 unspecified atom stereocenters. The first kappa shape index (κ1) is 18.4. The first-order valence-electron chi connectivity index (χ1n) is 7.62. The van der Waals surface area contributed by atoms with Crippen LogP contribution < -0.4 is 5.32 Å². The number of rotatable bonds is 6. The summed E-state index contributed by atoms with van der Waals surface area (Å²) in [5.41, 5.74) is 0.915. The highest BCUT2D eigenvalue weighted by molar-refractivity contribution is 7.89. The van der Waals surface area contributed by atoms with Crippen LogP contribution in [0.3, 0.4) is 0 Å². The van der Waals surface area contributed by atoms with Crippen molar-refractivity contribution in [3.63, 3.8) is 0 Å². The van der Waals surface area contributed by atoms with E-state index in [2.05, 4.69) is 5.32 Å². The topological polar surface area (TPSA) is 92.8 Å². The Bertz CT molecular complexity index is 758. The third-order valence-corrected chi connectivity index (χ3v) is 5.95. The van der Waals surface area contributed by atoms with E-state index in [1.807, 2.05) is 6.92 Å². The molecule has 1 aromatic carbocycles. The fraction of sp³-hybridized carbons (Fsp3) is 0.500. The summed E-state index contributed by atoms with van der Waals surface area (Å²) in [6.07, 6.45) is 0.796. The lowest BCUT2D eigenvalue weighted by Gasteiger charge is -2.15. The van der Waals surface area contributed by atoms with Crippen molar-refractivity contribution in [1.29, 1.82) is 0 Å². The van der Waals surface area contributed by atoms with Gasteiger partial charge in [0.2, 0.25) is 10.0 Å². The maximum absolute atomic E-state index is 12.3. The molecule has 0 aromatic heterocycles. The maximum atomic E-state index is 12.3. The second-order valence-electron chi connectivity index (χ2n) is 6.24. The summed E-state index contributed by atoms with van der Waals surface area (Å²) < 4.78 is 30.6. The quantitative estimate of drug-likeness (QED) is 0.779. The summed E-state index contributed by atoms with van der Waals surface area (Å²) in [7, 11) is -0.718. The predicted molar refractivity (Wildman–Crippen MR) is 88.9 cm³/mol. The van der Waals surface area contributed by atoms with Gasteiger partial charge in [0.25, 0.3) is 5.91 Å². The van der Waals surface area contributed by atoms with Crippen molar-refractivity contribution in [3.05, 3.63) is 23.8 Å². The second kappa shape index (κ2) is 6.90. The van der Waals surface area contributed by atoms with Crippen LogP contribution in [0.2, 0.25) is 0 Å². The van der Waals surface area contributed by atoms with E-state index < -0.39 is 15.9 Å². The Labute approximate surface area is 142 Å². The highest BCUT2D eigenvalue weighted by atomic mass is 32.2. The zero-order valence-electron chi connectivity index (χ0n) is 14.2. The van der Waals surface area contributed by atoms with Gasteiger partial charge in [0.15, 0.2) is 6.61 Å². The molecule has 0 heterocycles. The Morgan fingerprint density at radius 1 is 1.33 bits per heavy atom. The highest BCUT2D eigenvalue weighted by Gasteiger charge is 2.40. The van der Waals surface area contributed by atoms with E-state index in [-0.39, 0.29) is 23.4 Å². The van der Waals surface area contributed by atoms with Gasteiger partial charge in [-0.3, -0.25) is 9.59 Å². The van der Waals surface area contributed by atoms with Crippen LogP contribution >= 0.6 is 0 Å². The molecule has 2 rings (SSSR count). The van der Waals surface area contributed by atoms with E-state index in [0.29, 0.717) is 17.2 Å². The van der Waals surface area contributed by atoms with Crippen molar-refractivity contribution in [2.45, 2.75) is 25.2 Å². The average Bonchev–Trinajstić information content (AvgIpc) is 3.23. The number of aryl methyl sites for hydroxylation is 1. The fourth-order valence-electron chi connectivity index (χ4n) is 2.24. The molecule has 1 amide bonds. The number of carbonyl (C=O) groups excluding carboxylic acids is 2. The smallest absolute Gasteiger partial charge is 0.309 e. The van der Waals surface area contributed by atoms with Crippen LogP contribution in [0.5, 0.6) is 0 Å². The molecule has 0 aliphatic heterocycles. The van der Waals surface area contributed by atoms with Gasteiger partial charge >= 0.3 is 5.97 Å². The lowest BCUT2D eigenvalue weighted by atomic mass is 10.2. The number of amides is 1. The van der Waals surface area contributed by atoms with Gasteiger partial charge in [-0.2, -0.15) is 0 Å². The Morgan fingerprint density at radius 2 is 1.96 bits per heavy atom. The summed E-state index contributed by atoms with van der Waals surface area (Å²) in [5, 5.41) is 2.55. The summed E-state index contributed by atoms with van der Waals surface area (Å²) >= 11 is 0. The molecule has 1 aliphatic rings. The standard InChI is InChI=1S/C16H22N2O5S/c1-10-5-6-12(8-14(10)24(21,22)18(3)4)17-15(19)9-23-16(20)13-7-11(13)2/h5-6,8,11,13H,7,9H2,1-4H3,(H,17,19). The molecule has 1 aliphatic carbocycles. The molecule has 0 radical (unpaired) electrons. The lowest BCUT2D eigenvalue weighted by molar-refractivity contribution is -0.148. The molecule has 7 nitrogen and oxygen atoms in total. The number of carbonyl (C=O) groups is 2. The van der Waals surface area contributed by atoms with E-state index in [1.54, 1.807) is 19.1 Å². The molecule has 2 atom stereocenters. The molecule has 0 bridgehead atoms. The molecule has 24 heavy (non-hydrogen) atoms. The van der Waals surface area contributed by atoms with Crippen LogP contribution in [-0.4, -0.2) is 45.3 Å². The van der Waals surface area contributed by atoms with E-state index in [0.717, 1.165) is 10.7 Å². The summed E-state index contributed by atoms with van der Waals surface area (Å²) in [6, 6.07) is 4.62. The molecule has 8 heteroatoms. The van der Waals surface area contributed by atoms with E-state index in [4.69, 9.17) is 4.74 Å². The van der Waals surface area contributed by atoms with Crippen molar-refractivity contribution in [1.82, 2.24) is 4.31 Å². The Hall–Kier alpha value is -1.93. The van der Waals surface area contributed by atoms with Crippen molar-refractivity contribution >= 4 is 27.6 Å². The number of hydrogen-bond donors (Lipinski definition) is 1. The van der Waals surface area contributed by atoms with E-state index in [9.17, 15) is 18.0 Å². The summed E-state index contributed by atoms with van der Waals surface area (Å²) in [4.78, 5) is 23.6. The first-order valence-corrected chi connectivity index (χ1v) is 9.06. The number of sulfonamides is 1. The normalized spacial score (nSPS) is 19.9. The molecule has 1 saturated carbocycles. The van der Waals surface area contributed by atoms with Crippen LogP contribution in [-0.2, 0) is 24.3 Å². The molecule has 1 fully saturated rings. The van der Waals surface area contributed by atoms with Gasteiger partial charge < -0.3 is 10.1 Å². The van der Waals surface area contributed by atoms with E-state index >= 15 is 0 Å². The number of ether oxygens (including phenoxy) is 1. The Balaban J connectivity index is 2.02. The lowest BCUT2D eigenvalue weighted by Crippen LogP contribution is -2.24. The number of nitrogens with zero attached hydrogens (tertiary/aromatic N) is 1. The Kier molecular flexibility index (Phi) is 5.29. The zero-order valence-corrected chi connectivity index (χ0v) is 15.0. The third-order valence-electron chi connectivity index (χ3n) is 3.99. The maximum Gasteiger partial charge on any atom is 0.309 e. The molecule has 0 saturated heterocycles. The van der Waals surface area contributed by atoms with Crippen LogP contribution in [0.4, 0.5) is 5.69 Å². The van der Waals surface area contributed by atoms with Crippen molar-refractivity contribution in [3.8, 4) is 0 Å². The molecule has 0 spiro atoms. The minimum atomic E-state index is -3.60. The number of nitrogens with one attached hydrogen (secondary N) is 1. The first-order chi connectivity index (χ1) is 11.1. The minimum Gasteiger partial charge on any atom is -0.455 e. The molecular formula is C16H22N2O5S. The van der Waals surface area contributed by atoms with Gasteiger partial charge in [-0.25, -0.2) is 12.7 Å². The van der Waals surface area contributed by atoms with Crippen LogP contribution in [0, 0.1) is 18.8 Å². The fourth-order valence-corrected chi connectivity index (χ4v) is 3.39. The SMILES string of the molecule is Cc1ccc(NC(=O)COC(=O)C2CC2C)cc1S(=O)(=O)N(C)C. The molecule has 1 aromatic rings. The zero-order chi connectivity index (χ0) is 18.1. The second-order valence-corrected chi connectivity index (χ2v) is 8.36. The predicted octanol–water partition coefficient (Wildman–Crippen LogP) is 1.38. The summed E-state index contributed by atoms with van der Waals surface area (Å²) in [6.45, 7) is 3.25. The van der Waals surface area contributed by atoms with Crippen LogP contribution in [0.25, 0.3) is 0 Å². The van der Waals surface area contributed by atoms with Crippen LogP contribution in [0.15, 0.2) is 23.1 Å². The van der Waals surface area contributed by atoms with Crippen molar-refractivity contribution < 1.29 is 22.7 Å². The largest absolute Gasteiger partial charge is 0.455 e. The Morgan fingerprint density at radius 3 is 2.50 bits per heavy atom. The van der Waals surface area contributed by atoms with Crippen molar-refractivity contribution in [2.24, 2.45) is 11.8 Å². The number of esters is 1. The van der Waals surface area contributed by atoms with Gasteiger partial charge in [0, 0.05) is 19.8 Å². The van der Waals surface area contributed by atoms with Gasteiger partial charge in [0.05, 0.1) is 10.8 Å².